The van der Waals surface area contributed by atoms with E-state index in [1.54, 1.807) is 20.9 Å². The van der Waals surface area contributed by atoms with Crippen molar-refractivity contribution in [2.75, 3.05) is 5.73 Å². The summed E-state index contributed by atoms with van der Waals surface area (Å²) in [6.45, 7) is 5.36. The number of nitrogens with one attached hydrogen (secondary N) is 1. The Morgan fingerprint density at radius 2 is 2.10 bits per heavy atom. The standard InChI is InChI=1S/C12H18N4O3S/c1-7-5-10(9(3)19-7)8(2)15-20(17,18)12-11(13)14-6-16(12)4/h5-6,8,15H,13H2,1-4H3. The Morgan fingerprint density at radius 1 is 1.45 bits per heavy atom. The summed E-state index contributed by atoms with van der Waals surface area (Å²) in [5.41, 5.74) is 6.40. The predicted molar refractivity (Wildman–Crippen MR) is 74.5 cm³/mol. The highest BCUT2D eigenvalue weighted by Crippen LogP contribution is 2.24. The van der Waals surface area contributed by atoms with Crippen LogP contribution in [-0.4, -0.2) is 18.0 Å². The van der Waals surface area contributed by atoms with E-state index in [4.69, 9.17) is 10.2 Å². The Labute approximate surface area is 117 Å². The Kier molecular flexibility index (Phi) is 3.61. The first-order valence-corrected chi connectivity index (χ1v) is 7.56. The molecule has 2 aromatic heterocycles. The van der Waals surface area contributed by atoms with E-state index in [0.29, 0.717) is 5.76 Å². The summed E-state index contributed by atoms with van der Waals surface area (Å²) in [6.07, 6.45) is 1.36. The smallest absolute Gasteiger partial charge is 0.260 e. The van der Waals surface area contributed by atoms with Gasteiger partial charge >= 0.3 is 0 Å². The largest absolute Gasteiger partial charge is 0.466 e. The lowest BCUT2D eigenvalue weighted by Crippen LogP contribution is -2.29. The normalized spacial score (nSPS) is 13.6. The first-order valence-electron chi connectivity index (χ1n) is 6.08. The maximum atomic E-state index is 12.4. The van der Waals surface area contributed by atoms with Gasteiger partial charge in [-0.25, -0.2) is 18.1 Å². The lowest BCUT2D eigenvalue weighted by atomic mass is 10.1. The summed E-state index contributed by atoms with van der Waals surface area (Å²) < 4.78 is 34.1. The van der Waals surface area contributed by atoms with Crippen LogP contribution in [0.1, 0.15) is 30.0 Å². The molecule has 2 aromatic rings. The van der Waals surface area contributed by atoms with Crippen LogP contribution in [0.5, 0.6) is 0 Å². The summed E-state index contributed by atoms with van der Waals surface area (Å²) in [5, 5.41) is -0.0396. The van der Waals surface area contributed by atoms with E-state index in [1.807, 2.05) is 13.0 Å². The number of nitrogens with two attached hydrogens (primary N) is 1. The van der Waals surface area contributed by atoms with Crippen molar-refractivity contribution in [1.29, 1.82) is 0 Å². The van der Waals surface area contributed by atoms with Gasteiger partial charge in [-0.3, -0.25) is 0 Å². The van der Waals surface area contributed by atoms with Crippen LogP contribution < -0.4 is 10.5 Å². The fraction of sp³-hybridized carbons (Fsp3) is 0.417. The van der Waals surface area contributed by atoms with Crippen molar-refractivity contribution >= 4 is 15.8 Å². The lowest BCUT2D eigenvalue weighted by molar-refractivity contribution is 0.496. The molecule has 20 heavy (non-hydrogen) atoms. The Balaban J connectivity index is 2.32. The van der Waals surface area contributed by atoms with Gasteiger partial charge in [0.1, 0.15) is 11.5 Å². The van der Waals surface area contributed by atoms with Crippen LogP contribution in [0.3, 0.4) is 0 Å². The minimum Gasteiger partial charge on any atom is -0.466 e. The van der Waals surface area contributed by atoms with E-state index in [2.05, 4.69) is 9.71 Å². The SMILES string of the molecule is Cc1cc(C(C)NS(=O)(=O)c2c(N)ncn2C)c(C)o1. The van der Waals surface area contributed by atoms with E-state index in [-0.39, 0.29) is 10.8 Å². The number of anilines is 1. The second kappa shape index (κ2) is 4.95. The molecule has 7 nitrogen and oxygen atoms in total. The maximum Gasteiger partial charge on any atom is 0.260 e. The molecule has 2 heterocycles. The summed E-state index contributed by atoms with van der Waals surface area (Å²) >= 11 is 0. The second-order valence-electron chi connectivity index (χ2n) is 4.76. The molecule has 110 valence electrons. The zero-order chi connectivity index (χ0) is 15.1. The van der Waals surface area contributed by atoms with Gasteiger partial charge in [-0.05, 0) is 26.8 Å². The highest BCUT2D eigenvalue weighted by Gasteiger charge is 2.26. The van der Waals surface area contributed by atoms with E-state index in [1.165, 1.54) is 10.9 Å². The summed E-state index contributed by atoms with van der Waals surface area (Å²) in [6, 6.07) is 1.39. The second-order valence-corrected chi connectivity index (χ2v) is 6.39. The number of sulfonamides is 1. The highest BCUT2D eigenvalue weighted by atomic mass is 32.2. The topological polar surface area (TPSA) is 103 Å². The molecule has 0 aliphatic heterocycles. The number of hydrogen-bond donors (Lipinski definition) is 2. The van der Waals surface area contributed by atoms with Crippen molar-refractivity contribution in [3.05, 3.63) is 29.5 Å². The van der Waals surface area contributed by atoms with E-state index in [0.717, 1.165) is 11.3 Å². The molecule has 8 heteroatoms. The molecule has 0 aromatic carbocycles. The average Bonchev–Trinajstić information content (AvgIpc) is 2.81. The third kappa shape index (κ3) is 2.56. The number of aromatic nitrogens is 2. The molecule has 0 fully saturated rings. The lowest BCUT2D eigenvalue weighted by Gasteiger charge is -2.14. The van der Waals surface area contributed by atoms with Crippen LogP contribution in [0.15, 0.2) is 21.8 Å². The number of rotatable bonds is 4. The fourth-order valence-electron chi connectivity index (χ4n) is 2.20. The van der Waals surface area contributed by atoms with Crippen LogP contribution in [0.2, 0.25) is 0 Å². The zero-order valence-electron chi connectivity index (χ0n) is 11.8. The molecular weight excluding hydrogens is 280 g/mol. The number of imidazole rings is 1. The van der Waals surface area contributed by atoms with Gasteiger partial charge in [0.05, 0.1) is 6.33 Å². The fourth-order valence-corrected chi connectivity index (χ4v) is 3.66. The summed E-state index contributed by atoms with van der Waals surface area (Å²) in [5.74, 6) is 1.41. The van der Waals surface area contributed by atoms with Gasteiger partial charge in [-0.2, -0.15) is 0 Å². The Bertz CT molecular complexity index is 710. The number of nitrogens with zero attached hydrogens (tertiary/aromatic N) is 2. The van der Waals surface area contributed by atoms with Crippen molar-refractivity contribution in [3.63, 3.8) is 0 Å². The summed E-state index contributed by atoms with van der Waals surface area (Å²) in [4.78, 5) is 3.79. The van der Waals surface area contributed by atoms with Crippen LogP contribution in [0.25, 0.3) is 0 Å². The monoisotopic (exact) mass is 298 g/mol. The Morgan fingerprint density at radius 3 is 2.55 bits per heavy atom. The zero-order valence-corrected chi connectivity index (χ0v) is 12.7. The van der Waals surface area contributed by atoms with Crippen molar-refractivity contribution in [2.24, 2.45) is 7.05 Å². The number of nitrogen functional groups attached to an aromatic ring is 1. The average molecular weight is 298 g/mol. The van der Waals surface area contributed by atoms with Gasteiger partial charge in [-0.15, -0.1) is 0 Å². The van der Waals surface area contributed by atoms with Gasteiger partial charge in [0.15, 0.2) is 10.8 Å². The van der Waals surface area contributed by atoms with Gasteiger partial charge in [-0.1, -0.05) is 0 Å². The van der Waals surface area contributed by atoms with E-state index < -0.39 is 16.1 Å². The van der Waals surface area contributed by atoms with Crippen molar-refractivity contribution < 1.29 is 12.8 Å². The van der Waals surface area contributed by atoms with Crippen molar-refractivity contribution in [1.82, 2.24) is 14.3 Å². The third-order valence-corrected chi connectivity index (χ3v) is 4.71. The number of furan rings is 1. The van der Waals surface area contributed by atoms with Crippen molar-refractivity contribution in [2.45, 2.75) is 31.8 Å². The molecule has 3 N–H and O–H groups in total. The summed E-state index contributed by atoms with van der Waals surface area (Å²) in [7, 11) is -2.17. The first-order chi connectivity index (χ1) is 9.22. The quantitative estimate of drug-likeness (QED) is 0.884. The van der Waals surface area contributed by atoms with Crippen LogP contribution in [0, 0.1) is 13.8 Å². The van der Waals surface area contributed by atoms with Crippen LogP contribution in [0.4, 0.5) is 5.82 Å². The van der Waals surface area contributed by atoms with Crippen molar-refractivity contribution in [3.8, 4) is 0 Å². The Hall–Kier alpha value is -1.80. The third-order valence-electron chi connectivity index (χ3n) is 3.04. The molecule has 2 rings (SSSR count). The highest BCUT2D eigenvalue weighted by molar-refractivity contribution is 7.89. The van der Waals surface area contributed by atoms with E-state index >= 15 is 0 Å². The molecule has 0 aliphatic rings. The number of hydrogen-bond acceptors (Lipinski definition) is 5. The van der Waals surface area contributed by atoms with Crippen LogP contribution in [-0.2, 0) is 17.1 Å². The minimum absolute atomic E-state index is 0.0210. The molecule has 0 saturated carbocycles. The van der Waals surface area contributed by atoms with Gasteiger partial charge < -0.3 is 14.7 Å². The minimum atomic E-state index is -3.75. The molecule has 0 saturated heterocycles. The van der Waals surface area contributed by atoms with E-state index in [9.17, 15) is 8.42 Å². The maximum absolute atomic E-state index is 12.4. The van der Waals surface area contributed by atoms with Gasteiger partial charge in [0, 0.05) is 18.7 Å². The molecule has 0 radical (unpaired) electrons. The molecule has 0 aliphatic carbocycles. The van der Waals surface area contributed by atoms with Gasteiger partial charge in [0.2, 0.25) is 0 Å². The molecule has 0 bridgehead atoms. The number of aryl methyl sites for hydroxylation is 3. The molecule has 0 amide bonds. The van der Waals surface area contributed by atoms with Gasteiger partial charge in [0.25, 0.3) is 10.0 Å². The molecule has 0 spiro atoms. The molecule has 1 unspecified atom stereocenters. The predicted octanol–water partition coefficient (Wildman–Crippen LogP) is 1.25. The van der Waals surface area contributed by atoms with Crippen LogP contribution >= 0.6 is 0 Å². The molecular formula is C12H18N4O3S. The first kappa shape index (κ1) is 14.6. The molecule has 1 atom stereocenters.